The molecule has 0 saturated carbocycles. The summed E-state index contributed by atoms with van der Waals surface area (Å²) in [5.41, 5.74) is 0.936. The molecule has 1 aromatic heterocycles. The molecule has 2 heterocycles. The van der Waals surface area contributed by atoms with E-state index in [9.17, 15) is 0 Å². The highest BCUT2D eigenvalue weighted by atomic mass is 32.1. The molecule has 0 aromatic carbocycles. The molecular weight excluding hydrogens is 198 g/mol. The summed E-state index contributed by atoms with van der Waals surface area (Å²) in [4.78, 5) is 0. The minimum Gasteiger partial charge on any atom is -0.496 e. The van der Waals surface area contributed by atoms with Crippen molar-refractivity contribution in [2.75, 3.05) is 13.7 Å². The lowest BCUT2D eigenvalue weighted by atomic mass is 10.1. The predicted octanol–water partition coefficient (Wildman–Crippen LogP) is 1.49. The van der Waals surface area contributed by atoms with Crippen molar-refractivity contribution in [3.63, 3.8) is 0 Å². The second-order valence-electron chi connectivity index (χ2n) is 3.15. The smallest absolute Gasteiger partial charge is 0.115 e. The average Bonchev–Trinajstić information content (AvgIpc) is 2.74. The molecule has 0 spiro atoms. The van der Waals surface area contributed by atoms with Crippen molar-refractivity contribution in [2.24, 2.45) is 0 Å². The lowest BCUT2D eigenvalue weighted by Crippen LogP contribution is -2.22. The number of hydrogen-bond donors (Lipinski definition) is 1. The Balaban J connectivity index is 2.16. The fourth-order valence-electron chi connectivity index (χ4n) is 1.51. The summed E-state index contributed by atoms with van der Waals surface area (Å²) in [7, 11) is 1.91. The van der Waals surface area contributed by atoms with Gasteiger partial charge in [0, 0.05) is 0 Å². The summed E-state index contributed by atoms with van der Waals surface area (Å²) in [5.74, 6) is 0.978. The van der Waals surface area contributed by atoms with E-state index in [1.54, 1.807) is 6.20 Å². The van der Waals surface area contributed by atoms with Gasteiger partial charge in [-0.2, -0.15) is 8.75 Å². The van der Waals surface area contributed by atoms with Gasteiger partial charge >= 0.3 is 0 Å². The molecule has 1 aromatic rings. The monoisotopic (exact) mass is 211 g/mol. The molecule has 1 aliphatic rings. The summed E-state index contributed by atoms with van der Waals surface area (Å²) in [5, 5.41) is 3.19. The fourth-order valence-corrected chi connectivity index (χ4v) is 1.96. The van der Waals surface area contributed by atoms with Gasteiger partial charge in [-0.05, 0) is 26.0 Å². The van der Waals surface area contributed by atoms with Crippen LogP contribution < -0.4 is 5.32 Å². The van der Waals surface area contributed by atoms with Crippen molar-refractivity contribution in [1.82, 2.24) is 14.1 Å². The summed E-state index contributed by atoms with van der Waals surface area (Å²) < 4.78 is 13.8. The quantitative estimate of drug-likeness (QED) is 0.823. The van der Waals surface area contributed by atoms with Crippen molar-refractivity contribution in [2.45, 2.75) is 18.9 Å². The molecule has 0 aliphatic carbocycles. The van der Waals surface area contributed by atoms with Crippen LogP contribution in [-0.4, -0.2) is 22.4 Å². The second-order valence-corrected chi connectivity index (χ2v) is 3.71. The molecule has 1 N–H and O–H groups in total. The van der Waals surface area contributed by atoms with E-state index in [4.69, 9.17) is 4.74 Å². The van der Waals surface area contributed by atoms with Crippen LogP contribution in [0.1, 0.15) is 24.6 Å². The number of aromatic nitrogens is 2. The van der Waals surface area contributed by atoms with Gasteiger partial charge in [0.2, 0.25) is 0 Å². The number of ether oxygens (including phenoxy) is 1. The minimum absolute atomic E-state index is 0.0639. The predicted molar refractivity (Wildman–Crippen MR) is 55.0 cm³/mol. The van der Waals surface area contributed by atoms with Gasteiger partial charge in [-0.15, -0.1) is 0 Å². The van der Waals surface area contributed by atoms with Crippen LogP contribution in [0.15, 0.2) is 18.0 Å². The van der Waals surface area contributed by atoms with Crippen LogP contribution in [0.3, 0.4) is 0 Å². The Morgan fingerprint density at radius 3 is 3.14 bits per heavy atom. The third-order valence-electron chi connectivity index (χ3n) is 2.21. The maximum absolute atomic E-state index is 5.59. The topological polar surface area (TPSA) is 47.0 Å². The highest BCUT2D eigenvalue weighted by Gasteiger charge is 2.20. The van der Waals surface area contributed by atoms with E-state index < -0.39 is 0 Å². The highest BCUT2D eigenvalue weighted by Crippen LogP contribution is 2.24. The number of likely N-dealkylation sites (N-methyl/N-ethyl adjacent to an activating group) is 1. The maximum atomic E-state index is 5.59. The number of rotatable bonds is 3. The third-order valence-corrected chi connectivity index (χ3v) is 2.70. The number of nitrogens with zero attached hydrogens (tertiary/aromatic N) is 2. The Bertz CT molecular complexity index is 310. The van der Waals surface area contributed by atoms with Crippen LogP contribution >= 0.6 is 11.7 Å². The fraction of sp³-hybridized carbons (Fsp3) is 0.556. The maximum Gasteiger partial charge on any atom is 0.115 e. The Morgan fingerprint density at radius 2 is 2.57 bits per heavy atom. The molecule has 1 atom stereocenters. The largest absolute Gasteiger partial charge is 0.496 e. The molecule has 0 amide bonds. The van der Waals surface area contributed by atoms with Crippen LogP contribution in [0.5, 0.6) is 0 Å². The molecular formula is C9H13N3OS. The lowest BCUT2D eigenvalue weighted by Gasteiger charge is -2.21. The number of nitrogens with one attached hydrogen (secondary N) is 1. The molecule has 5 heteroatoms. The zero-order chi connectivity index (χ0) is 9.80. The third kappa shape index (κ3) is 1.93. The van der Waals surface area contributed by atoms with Crippen LogP contribution in [0.25, 0.3) is 0 Å². The van der Waals surface area contributed by atoms with E-state index in [1.165, 1.54) is 11.7 Å². The van der Waals surface area contributed by atoms with E-state index in [0.717, 1.165) is 30.9 Å². The van der Waals surface area contributed by atoms with Gasteiger partial charge in [-0.1, -0.05) is 0 Å². The van der Waals surface area contributed by atoms with Gasteiger partial charge in [0.05, 0.1) is 30.2 Å². The standard InChI is InChI=1S/C9H13N3OS/c1-10-9(7-6-11-14-12-7)8-4-2-3-5-13-8/h4,6,9-10H,2-3,5H2,1H3. The molecule has 14 heavy (non-hydrogen) atoms. The van der Waals surface area contributed by atoms with Crippen LogP contribution in [-0.2, 0) is 4.74 Å². The van der Waals surface area contributed by atoms with E-state index in [1.807, 2.05) is 7.05 Å². The van der Waals surface area contributed by atoms with Crippen molar-refractivity contribution >= 4 is 11.7 Å². The zero-order valence-corrected chi connectivity index (χ0v) is 8.88. The van der Waals surface area contributed by atoms with Gasteiger partial charge < -0.3 is 10.1 Å². The molecule has 1 aliphatic heterocycles. The van der Waals surface area contributed by atoms with Crippen molar-refractivity contribution < 1.29 is 4.74 Å². The van der Waals surface area contributed by atoms with Crippen LogP contribution in [0.4, 0.5) is 0 Å². The molecule has 0 fully saturated rings. The van der Waals surface area contributed by atoms with E-state index >= 15 is 0 Å². The van der Waals surface area contributed by atoms with Crippen LogP contribution in [0, 0.1) is 0 Å². The number of allylic oxidation sites excluding steroid dienone is 1. The first-order chi connectivity index (χ1) is 6.92. The summed E-state index contributed by atoms with van der Waals surface area (Å²) >= 11 is 1.22. The first-order valence-corrected chi connectivity index (χ1v) is 5.42. The Kier molecular flexibility index (Phi) is 3.10. The lowest BCUT2D eigenvalue weighted by molar-refractivity contribution is 0.169. The minimum atomic E-state index is 0.0639. The van der Waals surface area contributed by atoms with Gasteiger partial charge in [-0.25, -0.2) is 0 Å². The summed E-state index contributed by atoms with van der Waals surface area (Å²) in [6, 6.07) is 0.0639. The van der Waals surface area contributed by atoms with E-state index in [0.29, 0.717) is 0 Å². The number of hydrogen-bond acceptors (Lipinski definition) is 5. The first kappa shape index (κ1) is 9.61. The molecule has 2 rings (SSSR count). The molecule has 0 bridgehead atoms. The highest BCUT2D eigenvalue weighted by molar-refractivity contribution is 6.99. The molecule has 1 unspecified atom stereocenters. The van der Waals surface area contributed by atoms with E-state index in [-0.39, 0.29) is 6.04 Å². The Hall–Kier alpha value is -0.940. The van der Waals surface area contributed by atoms with E-state index in [2.05, 4.69) is 20.1 Å². The molecule has 0 saturated heterocycles. The Morgan fingerprint density at radius 1 is 1.64 bits per heavy atom. The normalized spacial score (nSPS) is 18.5. The average molecular weight is 211 g/mol. The van der Waals surface area contributed by atoms with Crippen LogP contribution in [0.2, 0.25) is 0 Å². The SMILES string of the molecule is CNC(C1=CCCCO1)c1cnsn1. The zero-order valence-electron chi connectivity index (χ0n) is 8.06. The second kappa shape index (κ2) is 4.52. The van der Waals surface area contributed by atoms with Gasteiger partial charge in [0.1, 0.15) is 11.8 Å². The van der Waals surface area contributed by atoms with Gasteiger partial charge in [-0.3, -0.25) is 0 Å². The van der Waals surface area contributed by atoms with Crippen molar-refractivity contribution in [3.8, 4) is 0 Å². The molecule has 76 valence electrons. The van der Waals surface area contributed by atoms with Crippen molar-refractivity contribution in [3.05, 3.63) is 23.7 Å². The first-order valence-electron chi connectivity index (χ1n) is 4.69. The Labute approximate surface area is 87.3 Å². The summed E-state index contributed by atoms with van der Waals surface area (Å²) in [6.07, 6.45) is 6.11. The molecule has 0 radical (unpaired) electrons. The van der Waals surface area contributed by atoms with Crippen molar-refractivity contribution in [1.29, 1.82) is 0 Å². The molecule has 4 nitrogen and oxygen atoms in total. The summed E-state index contributed by atoms with van der Waals surface area (Å²) in [6.45, 7) is 0.807. The van der Waals surface area contributed by atoms with Gasteiger partial charge in [0.15, 0.2) is 0 Å². The van der Waals surface area contributed by atoms with Gasteiger partial charge in [0.25, 0.3) is 0 Å².